The first kappa shape index (κ1) is 16.9. The van der Waals surface area contributed by atoms with E-state index >= 15 is 0 Å². The summed E-state index contributed by atoms with van der Waals surface area (Å²) in [5.41, 5.74) is -1.77. The molecule has 4 nitrogen and oxygen atoms in total. The van der Waals surface area contributed by atoms with Crippen molar-refractivity contribution in [3.05, 3.63) is 0 Å². The minimum absolute atomic E-state index is 0.150. The van der Waals surface area contributed by atoms with E-state index in [-0.39, 0.29) is 11.8 Å². The molecule has 0 aliphatic carbocycles. The average molecular weight is 258 g/mol. The van der Waals surface area contributed by atoms with Gasteiger partial charge in [0.25, 0.3) is 6.47 Å². The van der Waals surface area contributed by atoms with Gasteiger partial charge < -0.3 is 9.47 Å². The molecule has 0 radical (unpaired) electrons. The van der Waals surface area contributed by atoms with Crippen molar-refractivity contribution >= 4 is 12.4 Å². The molecule has 0 bridgehead atoms. The molecule has 18 heavy (non-hydrogen) atoms. The summed E-state index contributed by atoms with van der Waals surface area (Å²) >= 11 is 0. The fraction of sp³-hybridized carbons (Fsp3) is 0.857. The molecule has 0 aliphatic heterocycles. The molecule has 0 aromatic carbocycles. The molecule has 106 valence electrons. The summed E-state index contributed by atoms with van der Waals surface area (Å²) < 4.78 is 10.7. The van der Waals surface area contributed by atoms with Crippen LogP contribution >= 0.6 is 0 Å². The molecule has 0 amide bonds. The Hall–Kier alpha value is -1.06. The van der Waals surface area contributed by atoms with Gasteiger partial charge in [0.05, 0.1) is 0 Å². The summed E-state index contributed by atoms with van der Waals surface area (Å²) in [5, 5.41) is 0. The van der Waals surface area contributed by atoms with Crippen molar-refractivity contribution in [2.24, 2.45) is 11.8 Å². The molecule has 0 fully saturated rings. The first-order valence-electron chi connectivity index (χ1n) is 6.49. The third-order valence-electron chi connectivity index (χ3n) is 3.50. The van der Waals surface area contributed by atoms with Crippen LogP contribution < -0.4 is 0 Å². The monoisotopic (exact) mass is 258 g/mol. The van der Waals surface area contributed by atoms with Gasteiger partial charge in [0.2, 0.25) is 5.60 Å². The predicted molar refractivity (Wildman–Crippen MR) is 70.0 cm³/mol. The number of esters is 1. The Morgan fingerprint density at radius 3 is 1.89 bits per heavy atom. The first-order chi connectivity index (χ1) is 8.14. The molecule has 0 spiro atoms. The van der Waals surface area contributed by atoms with E-state index < -0.39 is 17.2 Å². The molecule has 0 aromatic rings. The molecule has 0 atom stereocenters. The number of carbonyl (C=O) groups is 2. The highest BCUT2D eigenvalue weighted by Gasteiger charge is 2.49. The van der Waals surface area contributed by atoms with Crippen molar-refractivity contribution in [2.75, 3.05) is 0 Å². The fourth-order valence-electron chi connectivity index (χ4n) is 1.94. The van der Waals surface area contributed by atoms with Crippen molar-refractivity contribution in [1.82, 2.24) is 0 Å². The van der Waals surface area contributed by atoms with Gasteiger partial charge in [0, 0.05) is 11.8 Å². The summed E-state index contributed by atoms with van der Waals surface area (Å²) in [6, 6.07) is 0. The first-order valence-corrected chi connectivity index (χ1v) is 6.49. The quantitative estimate of drug-likeness (QED) is 0.520. The van der Waals surface area contributed by atoms with Crippen molar-refractivity contribution < 1.29 is 19.1 Å². The molecule has 4 heteroatoms. The van der Waals surface area contributed by atoms with E-state index in [0.717, 1.165) is 0 Å². The highest BCUT2D eigenvalue weighted by molar-refractivity contribution is 5.82. The van der Waals surface area contributed by atoms with Crippen LogP contribution in [0.4, 0.5) is 0 Å². The van der Waals surface area contributed by atoms with Crippen molar-refractivity contribution in [3.8, 4) is 0 Å². The Labute approximate surface area is 110 Å². The molecule has 0 saturated heterocycles. The van der Waals surface area contributed by atoms with E-state index in [4.69, 9.17) is 9.47 Å². The molecule has 0 N–H and O–H groups in total. The van der Waals surface area contributed by atoms with Gasteiger partial charge in [-0.3, -0.25) is 4.79 Å². The smallest absolute Gasteiger partial charge is 0.351 e. The maximum absolute atomic E-state index is 12.4. The van der Waals surface area contributed by atoms with Crippen LogP contribution in [-0.4, -0.2) is 23.6 Å². The van der Waals surface area contributed by atoms with E-state index in [1.807, 2.05) is 48.5 Å². The van der Waals surface area contributed by atoms with Gasteiger partial charge in [-0.05, 0) is 20.3 Å². The molecular formula is C14H26O4. The van der Waals surface area contributed by atoms with Crippen LogP contribution in [0.3, 0.4) is 0 Å². The van der Waals surface area contributed by atoms with Gasteiger partial charge in [0.1, 0.15) is 5.60 Å². The summed E-state index contributed by atoms with van der Waals surface area (Å²) in [6.07, 6.45) is 0.700. The lowest BCUT2D eigenvalue weighted by molar-refractivity contribution is -0.198. The molecule has 0 heterocycles. The van der Waals surface area contributed by atoms with Gasteiger partial charge in [-0.25, -0.2) is 4.79 Å². The van der Waals surface area contributed by atoms with E-state index in [1.165, 1.54) is 0 Å². The van der Waals surface area contributed by atoms with Crippen molar-refractivity contribution in [2.45, 2.75) is 66.1 Å². The van der Waals surface area contributed by atoms with Crippen LogP contribution in [0.1, 0.15) is 54.9 Å². The molecule has 0 aromatic heterocycles. The third kappa shape index (κ3) is 3.47. The van der Waals surface area contributed by atoms with Gasteiger partial charge in [0.15, 0.2) is 0 Å². The normalized spacial score (nSPS) is 12.7. The van der Waals surface area contributed by atoms with Gasteiger partial charge in [-0.1, -0.05) is 34.6 Å². The van der Waals surface area contributed by atoms with Crippen LogP contribution in [-0.2, 0) is 19.1 Å². The van der Waals surface area contributed by atoms with E-state index in [2.05, 4.69) is 0 Å². The fourth-order valence-corrected chi connectivity index (χ4v) is 1.94. The Morgan fingerprint density at radius 2 is 1.61 bits per heavy atom. The standard InChI is InChI=1S/C14H26O4/c1-8-13(6,7)18-12(16)14(10(2)3,11(4)5)17-9-15/h9-11H,8H2,1-7H3. The number of hydrogen-bond donors (Lipinski definition) is 0. The van der Waals surface area contributed by atoms with Gasteiger partial charge >= 0.3 is 5.97 Å². The van der Waals surface area contributed by atoms with Gasteiger partial charge in [-0.15, -0.1) is 0 Å². The van der Waals surface area contributed by atoms with E-state index in [1.54, 1.807) is 0 Å². The van der Waals surface area contributed by atoms with Crippen molar-refractivity contribution in [1.29, 1.82) is 0 Å². The minimum Gasteiger partial charge on any atom is -0.457 e. The minimum atomic E-state index is -1.21. The van der Waals surface area contributed by atoms with Crippen LogP contribution in [0.15, 0.2) is 0 Å². The lowest BCUT2D eigenvalue weighted by atomic mass is 9.80. The number of hydrogen-bond acceptors (Lipinski definition) is 4. The molecule has 0 unspecified atom stereocenters. The maximum Gasteiger partial charge on any atom is 0.351 e. The van der Waals surface area contributed by atoms with Crippen LogP contribution in [0.2, 0.25) is 0 Å². The second-order valence-corrected chi connectivity index (χ2v) is 5.82. The predicted octanol–water partition coefficient (Wildman–Crippen LogP) is 2.94. The topological polar surface area (TPSA) is 52.6 Å². The zero-order valence-corrected chi connectivity index (χ0v) is 12.6. The Morgan fingerprint density at radius 1 is 1.17 bits per heavy atom. The highest BCUT2D eigenvalue weighted by atomic mass is 16.6. The number of carbonyl (C=O) groups excluding carboxylic acids is 2. The molecule has 0 saturated carbocycles. The summed E-state index contributed by atoms with van der Waals surface area (Å²) in [7, 11) is 0. The number of rotatable bonds is 7. The molecule has 0 rings (SSSR count). The lowest BCUT2D eigenvalue weighted by Gasteiger charge is -2.39. The summed E-state index contributed by atoms with van der Waals surface area (Å²) in [4.78, 5) is 23.1. The Balaban J connectivity index is 5.31. The SMILES string of the molecule is CCC(C)(C)OC(=O)C(OC=O)(C(C)C)C(C)C. The second-order valence-electron chi connectivity index (χ2n) is 5.82. The second kappa shape index (κ2) is 6.21. The van der Waals surface area contributed by atoms with Gasteiger partial charge in [-0.2, -0.15) is 0 Å². The van der Waals surface area contributed by atoms with Crippen LogP contribution in [0, 0.1) is 11.8 Å². The molecule has 0 aliphatic rings. The highest BCUT2D eigenvalue weighted by Crippen LogP contribution is 2.33. The largest absolute Gasteiger partial charge is 0.457 e. The lowest BCUT2D eigenvalue weighted by Crippen LogP contribution is -2.53. The third-order valence-corrected chi connectivity index (χ3v) is 3.50. The van der Waals surface area contributed by atoms with Crippen LogP contribution in [0.25, 0.3) is 0 Å². The maximum atomic E-state index is 12.4. The Kier molecular flexibility index (Phi) is 5.84. The molecular weight excluding hydrogens is 232 g/mol. The van der Waals surface area contributed by atoms with E-state index in [9.17, 15) is 9.59 Å². The Bertz CT molecular complexity index is 284. The number of ether oxygens (including phenoxy) is 2. The zero-order valence-electron chi connectivity index (χ0n) is 12.6. The summed E-state index contributed by atoms with van der Waals surface area (Å²) in [5.74, 6) is -0.767. The average Bonchev–Trinajstić information content (AvgIpc) is 2.23. The van der Waals surface area contributed by atoms with Crippen LogP contribution in [0.5, 0.6) is 0 Å². The zero-order chi connectivity index (χ0) is 14.6. The summed E-state index contributed by atoms with van der Waals surface area (Å²) in [6.45, 7) is 13.4. The van der Waals surface area contributed by atoms with E-state index in [0.29, 0.717) is 12.9 Å². The van der Waals surface area contributed by atoms with Crippen molar-refractivity contribution in [3.63, 3.8) is 0 Å².